The number of carboxylic acid groups (broad SMARTS) is 1. The SMILES string of the molecule is N#CCCCCN(CC(=O)O)c1ccccc1N. The van der Waals surface area contributed by atoms with E-state index in [1.807, 2.05) is 18.2 Å². The number of unbranched alkanes of at least 4 members (excludes halogenated alkanes) is 2. The number of para-hydroxylation sites is 2. The highest BCUT2D eigenvalue weighted by atomic mass is 16.4. The molecule has 0 bridgehead atoms. The normalized spacial score (nSPS) is 9.72. The monoisotopic (exact) mass is 247 g/mol. The number of carbonyl (C=O) groups is 1. The summed E-state index contributed by atoms with van der Waals surface area (Å²) >= 11 is 0. The number of nitrogens with two attached hydrogens (primary N) is 1. The number of hydrogen-bond acceptors (Lipinski definition) is 4. The van der Waals surface area contributed by atoms with Crippen LogP contribution in [0.4, 0.5) is 11.4 Å². The summed E-state index contributed by atoms with van der Waals surface area (Å²) in [5.74, 6) is -0.890. The van der Waals surface area contributed by atoms with Crippen LogP contribution in [0.1, 0.15) is 19.3 Å². The van der Waals surface area contributed by atoms with E-state index in [4.69, 9.17) is 16.1 Å². The molecule has 0 radical (unpaired) electrons. The molecule has 0 aliphatic rings. The molecule has 0 fully saturated rings. The lowest BCUT2D eigenvalue weighted by atomic mass is 10.2. The Labute approximate surface area is 106 Å². The lowest BCUT2D eigenvalue weighted by Crippen LogP contribution is -2.31. The first-order valence-electron chi connectivity index (χ1n) is 5.83. The Bertz CT molecular complexity index is 440. The van der Waals surface area contributed by atoms with Gasteiger partial charge < -0.3 is 15.7 Å². The Hall–Kier alpha value is -2.22. The molecule has 5 heteroatoms. The molecule has 1 aromatic rings. The van der Waals surface area contributed by atoms with E-state index in [0.29, 0.717) is 18.7 Å². The summed E-state index contributed by atoms with van der Waals surface area (Å²) in [6, 6.07) is 9.27. The van der Waals surface area contributed by atoms with Gasteiger partial charge in [0.05, 0.1) is 17.4 Å². The number of nitrogen functional groups attached to an aromatic ring is 1. The molecule has 0 spiro atoms. The number of rotatable bonds is 7. The standard InChI is InChI=1S/C13H17N3O2/c14-8-4-1-5-9-16(10-13(17)18)12-7-3-2-6-11(12)15/h2-3,6-7H,1,4-5,9-10,15H2,(H,17,18). The van der Waals surface area contributed by atoms with Crippen LogP contribution >= 0.6 is 0 Å². The van der Waals surface area contributed by atoms with Crippen LogP contribution in [0.25, 0.3) is 0 Å². The third kappa shape index (κ3) is 4.34. The third-order valence-electron chi connectivity index (χ3n) is 2.57. The van der Waals surface area contributed by atoms with Gasteiger partial charge in [-0.05, 0) is 25.0 Å². The molecule has 0 atom stereocenters. The summed E-state index contributed by atoms with van der Waals surface area (Å²) in [5, 5.41) is 17.4. The van der Waals surface area contributed by atoms with Crippen LogP contribution in [0.3, 0.4) is 0 Å². The van der Waals surface area contributed by atoms with Crippen molar-refractivity contribution < 1.29 is 9.90 Å². The van der Waals surface area contributed by atoms with Crippen molar-refractivity contribution in [1.29, 1.82) is 5.26 Å². The number of nitriles is 1. The van der Waals surface area contributed by atoms with Crippen molar-refractivity contribution in [3.63, 3.8) is 0 Å². The summed E-state index contributed by atoms with van der Waals surface area (Å²) in [4.78, 5) is 12.6. The van der Waals surface area contributed by atoms with Gasteiger partial charge in [-0.1, -0.05) is 12.1 Å². The van der Waals surface area contributed by atoms with Crippen molar-refractivity contribution >= 4 is 17.3 Å². The molecule has 1 aromatic carbocycles. The molecule has 18 heavy (non-hydrogen) atoms. The molecular weight excluding hydrogens is 230 g/mol. The van der Waals surface area contributed by atoms with E-state index < -0.39 is 5.97 Å². The fraction of sp³-hybridized carbons (Fsp3) is 0.385. The highest BCUT2D eigenvalue weighted by Crippen LogP contribution is 2.22. The minimum atomic E-state index is -0.890. The fourth-order valence-electron chi connectivity index (χ4n) is 1.73. The van der Waals surface area contributed by atoms with Crippen LogP contribution in [-0.4, -0.2) is 24.2 Å². The number of carboxylic acids is 1. The Morgan fingerprint density at radius 3 is 2.72 bits per heavy atom. The van der Waals surface area contributed by atoms with Crippen molar-refractivity contribution in [2.75, 3.05) is 23.7 Å². The number of benzene rings is 1. The molecule has 0 saturated carbocycles. The molecule has 3 N–H and O–H groups in total. The Morgan fingerprint density at radius 2 is 2.11 bits per heavy atom. The van der Waals surface area contributed by atoms with Crippen LogP contribution < -0.4 is 10.6 Å². The Morgan fingerprint density at radius 1 is 1.39 bits per heavy atom. The number of hydrogen-bond donors (Lipinski definition) is 2. The van der Waals surface area contributed by atoms with Gasteiger partial charge in [0, 0.05) is 13.0 Å². The molecule has 0 unspecified atom stereocenters. The maximum absolute atomic E-state index is 10.8. The van der Waals surface area contributed by atoms with Crippen molar-refractivity contribution in [2.24, 2.45) is 0 Å². The van der Waals surface area contributed by atoms with Crippen LogP contribution in [0, 0.1) is 11.3 Å². The molecule has 96 valence electrons. The molecule has 0 aromatic heterocycles. The first-order valence-corrected chi connectivity index (χ1v) is 5.83. The van der Waals surface area contributed by atoms with Gasteiger partial charge in [0.1, 0.15) is 6.54 Å². The Kier molecular flexibility index (Phi) is 5.52. The minimum absolute atomic E-state index is 0.0826. The zero-order chi connectivity index (χ0) is 13.4. The lowest BCUT2D eigenvalue weighted by Gasteiger charge is -2.24. The van der Waals surface area contributed by atoms with Gasteiger partial charge in [-0.2, -0.15) is 5.26 Å². The summed E-state index contributed by atoms with van der Waals surface area (Å²) in [6.07, 6.45) is 2.03. The van der Waals surface area contributed by atoms with Gasteiger partial charge in [-0.15, -0.1) is 0 Å². The van der Waals surface area contributed by atoms with Gasteiger partial charge in [-0.25, -0.2) is 0 Å². The zero-order valence-corrected chi connectivity index (χ0v) is 10.2. The molecule has 5 nitrogen and oxygen atoms in total. The van der Waals surface area contributed by atoms with Crippen LogP contribution in [0.2, 0.25) is 0 Å². The van der Waals surface area contributed by atoms with E-state index in [9.17, 15) is 4.79 Å². The van der Waals surface area contributed by atoms with E-state index in [1.165, 1.54) is 0 Å². The Balaban J connectivity index is 2.69. The van der Waals surface area contributed by atoms with Crippen molar-refractivity contribution in [2.45, 2.75) is 19.3 Å². The largest absolute Gasteiger partial charge is 0.480 e. The fourth-order valence-corrected chi connectivity index (χ4v) is 1.73. The predicted octanol–water partition coefficient (Wildman–Crippen LogP) is 1.85. The highest BCUT2D eigenvalue weighted by molar-refractivity contribution is 5.77. The van der Waals surface area contributed by atoms with Gasteiger partial charge in [0.25, 0.3) is 0 Å². The van der Waals surface area contributed by atoms with Crippen molar-refractivity contribution in [3.05, 3.63) is 24.3 Å². The van der Waals surface area contributed by atoms with E-state index in [-0.39, 0.29) is 6.54 Å². The molecule has 0 amide bonds. The molecule has 0 saturated heterocycles. The van der Waals surface area contributed by atoms with Gasteiger partial charge in [-0.3, -0.25) is 4.79 Å². The number of aliphatic carboxylic acids is 1. The lowest BCUT2D eigenvalue weighted by molar-refractivity contribution is -0.135. The quantitative estimate of drug-likeness (QED) is 0.567. The minimum Gasteiger partial charge on any atom is -0.480 e. The molecule has 0 heterocycles. The van der Waals surface area contributed by atoms with Gasteiger partial charge in [0.15, 0.2) is 0 Å². The first-order chi connectivity index (χ1) is 8.65. The second-order valence-corrected chi connectivity index (χ2v) is 3.99. The second-order valence-electron chi connectivity index (χ2n) is 3.99. The average Bonchev–Trinajstić information content (AvgIpc) is 2.33. The maximum Gasteiger partial charge on any atom is 0.323 e. The topological polar surface area (TPSA) is 90.3 Å². The molecule has 0 aliphatic heterocycles. The zero-order valence-electron chi connectivity index (χ0n) is 10.2. The summed E-state index contributed by atoms with van der Waals surface area (Å²) in [7, 11) is 0. The van der Waals surface area contributed by atoms with Crippen LogP contribution in [0.5, 0.6) is 0 Å². The van der Waals surface area contributed by atoms with E-state index in [1.54, 1.807) is 11.0 Å². The van der Waals surface area contributed by atoms with Gasteiger partial charge in [0.2, 0.25) is 0 Å². The first kappa shape index (κ1) is 13.8. The molecule has 1 rings (SSSR count). The third-order valence-corrected chi connectivity index (χ3v) is 2.57. The van der Waals surface area contributed by atoms with E-state index in [0.717, 1.165) is 18.5 Å². The summed E-state index contributed by atoms with van der Waals surface area (Å²) in [5.41, 5.74) is 7.14. The van der Waals surface area contributed by atoms with Crippen LogP contribution in [0.15, 0.2) is 24.3 Å². The average molecular weight is 247 g/mol. The summed E-state index contributed by atoms with van der Waals surface area (Å²) < 4.78 is 0. The van der Waals surface area contributed by atoms with Crippen molar-refractivity contribution in [1.82, 2.24) is 0 Å². The van der Waals surface area contributed by atoms with E-state index >= 15 is 0 Å². The predicted molar refractivity (Wildman–Crippen MR) is 70.2 cm³/mol. The number of anilines is 2. The highest BCUT2D eigenvalue weighted by Gasteiger charge is 2.12. The van der Waals surface area contributed by atoms with Gasteiger partial charge >= 0.3 is 5.97 Å². The van der Waals surface area contributed by atoms with Crippen molar-refractivity contribution in [3.8, 4) is 6.07 Å². The molecule has 0 aliphatic carbocycles. The smallest absolute Gasteiger partial charge is 0.323 e. The maximum atomic E-state index is 10.8. The van der Waals surface area contributed by atoms with Crippen LogP contribution in [-0.2, 0) is 4.79 Å². The van der Waals surface area contributed by atoms with E-state index in [2.05, 4.69) is 6.07 Å². The molecular formula is C13H17N3O2. The second kappa shape index (κ2) is 7.17. The number of nitrogens with zero attached hydrogens (tertiary/aromatic N) is 2. The summed E-state index contributed by atoms with van der Waals surface area (Å²) in [6.45, 7) is 0.503.